The van der Waals surface area contributed by atoms with Crippen LogP contribution in [-0.4, -0.2) is 18.1 Å². The SMILES string of the molecule is CC(=O)C1=CC(F)CC(C)(C(F)(F)F)C1. The number of carbonyl (C=O) groups is 1. The molecule has 2 unspecified atom stereocenters. The third-order valence-corrected chi connectivity index (χ3v) is 2.74. The lowest BCUT2D eigenvalue weighted by molar-refractivity contribution is -0.224. The fourth-order valence-electron chi connectivity index (χ4n) is 1.72. The molecule has 0 saturated carbocycles. The van der Waals surface area contributed by atoms with E-state index in [1.165, 1.54) is 0 Å². The molecule has 1 aliphatic carbocycles. The zero-order valence-electron chi connectivity index (χ0n) is 8.49. The zero-order chi connectivity index (χ0) is 11.9. The Kier molecular flexibility index (Phi) is 2.94. The molecule has 0 spiro atoms. The van der Waals surface area contributed by atoms with Crippen LogP contribution in [0.1, 0.15) is 26.7 Å². The molecule has 5 heteroatoms. The Bertz CT molecular complexity index is 305. The van der Waals surface area contributed by atoms with Crippen molar-refractivity contribution in [1.29, 1.82) is 0 Å². The number of halogens is 4. The summed E-state index contributed by atoms with van der Waals surface area (Å²) < 4.78 is 51.0. The Hall–Kier alpha value is -0.870. The van der Waals surface area contributed by atoms with Gasteiger partial charge in [0, 0.05) is 0 Å². The van der Waals surface area contributed by atoms with Gasteiger partial charge in [-0.25, -0.2) is 4.39 Å². The molecule has 0 aliphatic heterocycles. The van der Waals surface area contributed by atoms with Crippen molar-refractivity contribution in [3.8, 4) is 0 Å². The van der Waals surface area contributed by atoms with Crippen LogP contribution in [0.3, 0.4) is 0 Å². The van der Waals surface area contributed by atoms with E-state index < -0.39 is 36.4 Å². The van der Waals surface area contributed by atoms with Crippen molar-refractivity contribution in [3.63, 3.8) is 0 Å². The normalized spacial score (nSPS) is 32.4. The molecule has 0 saturated heterocycles. The van der Waals surface area contributed by atoms with Crippen LogP contribution in [0.5, 0.6) is 0 Å². The Balaban J connectivity index is 3.01. The first-order chi connectivity index (χ1) is 6.66. The van der Waals surface area contributed by atoms with Crippen LogP contribution >= 0.6 is 0 Å². The molecule has 2 atom stereocenters. The second kappa shape index (κ2) is 3.61. The maximum Gasteiger partial charge on any atom is 0.394 e. The molecule has 1 rings (SSSR count). The minimum absolute atomic E-state index is 0.0615. The van der Waals surface area contributed by atoms with E-state index in [4.69, 9.17) is 0 Å². The minimum Gasteiger partial charge on any atom is -0.295 e. The average Bonchev–Trinajstić information content (AvgIpc) is 2.00. The fraction of sp³-hybridized carbons (Fsp3) is 0.700. The van der Waals surface area contributed by atoms with Crippen molar-refractivity contribution in [1.82, 2.24) is 0 Å². The molecule has 1 nitrogen and oxygen atoms in total. The van der Waals surface area contributed by atoms with Crippen molar-refractivity contribution < 1.29 is 22.4 Å². The number of alkyl halides is 4. The highest BCUT2D eigenvalue weighted by Crippen LogP contribution is 2.49. The summed E-state index contributed by atoms with van der Waals surface area (Å²) in [5, 5.41) is 0. The van der Waals surface area contributed by atoms with Gasteiger partial charge in [-0.15, -0.1) is 0 Å². The molecule has 0 aromatic heterocycles. The van der Waals surface area contributed by atoms with Gasteiger partial charge < -0.3 is 0 Å². The molecular formula is C10H12F4O. The molecule has 15 heavy (non-hydrogen) atoms. The second-order valence-corrected chi connectivity index (χ2v) is 4.20. The topological polar surface area (TPSA) is 17.1 Å². The smallest absolute Gasteiger partial charge is 0.295 e. The summed E-state index contributed by atoms with van der Waals surface area (Å²) in [6, 6.07) is 0. The van der Waals surface area contributed by atoms with E-state index in [1.807, 2.05) is 0 Å². The lowest BCUT2D eigenvalue weighted by atomic mass is 9.73. The molecule has 0 heterocycles. The van der Waals surface area contributed by atoms with E-state index in [0.29, 0.717) is 0 Å². The predicted molar refractivity (Wildman–Crippen MR) is 47.1 cm³/mol. The van der Waals surface area contributed by atoms with Gasteiger partial charge in [-0.3, -0.25) is 4.79 Å². The maximum atomic E-state index is 13.1. The first-order valence-corrected chi connectivity index (χ1v) is 4.58. The zero-order valence-corrected chi connectivity index (χ0v) is 8.49. The molecule has 0 radical (unpaired) electrons. The van der Waals surface area contributed by atoms with Gasteiger partial charge in [0.1, 0.15) is 6.17 Å². The Morgan fingerprint density at radius 3 is 2.47 bits per heavy atom. The van der Waals surface area contributed by atoms with E-state index in [9.17, 15) is 22.4 Å². The summed E-state index contributed by atoms with van der Waals surface area (Å²) in [6.45, 7) is 2.11. The Morgan fingerprint density at radius 1 is 1.53 bits per heavy atom. The summed E-state index contributed by atoms with van der Waals surface area (Å²) in [5.41, 5.74) is -2.18. The van der Waals surface area contributed by atoms with Crippen LogP contribution in [0.15, 0.2) is 11.6 Å². The van der Waals surface area contributed by atoms with Crippen LogP contribution in [0.4, 0.5) is 17.6 Å². The first kappa shape index (κ1) is 12.2. The Morgan fingerprint density at radius 2 is 2.07 bits per heavy atom. The molecule has 0 bridgehead atoms. The van der Waals surface area contributed by atoms with E-state index in [0.717, 1.165) is 19.9 Å². The summed E-state index contributed by atoms with van der Waals surface area (Å²) in [5.74, 6) is -0.493. The summed E-state index contributed by atoms with van der Waals surface area (Å²) in [6.07, 6.45) is -6.20. The van der Waals surface area contributed by atoms with Crippen LogP contribution in [0.25, 0.3) is 0 Å². The number of hydrogen-bond donors (Lipinski definition) is 0. The lowest BCUT2D eigenvalue weighted by Gasteiger charge is -2.36. The predicted octanol–water partition coefficient (Wildman–Crippen LogP) is 3.20. The van der Waals surface area contributed by atoms with E-state index in [1.54, 1.807) is 0 Å². The molecule has 0 N–H and O–H groups in total. The number of allylic oxidation sites excluding steroid dienone is 2. The molecule has 0 aromatic carbocycles. The van der Waals surface area contributed by atoms with E-state index >= 15 is 0 Å². The van der Waals surface area contributed by atoms with Crippen LogP contribution in [-0.2, 0) is 4.79 Å². The molecular weight excluding hydrogens is 212 g/mol. The average molecular weight is 224 g/mol. The highest BCUT2D eigenvalue weighted by molar-refractivity contribution is 5.93. The van der Waals surface area contributed by atoms with Crippen LogP contribution in [0, 0.1) is 5.41 Å². The molecule has 0 aromatic rings. The number of carbonyl (C=O) groups excluding carboxylic acids is 1. The highest BCUT2D eigenvalue weighted by Gasteiger charge is 2.53. The van der Waals surface area contributed by atoms with E-state index in [-0.39, 0.29) is 5.57 Å². The van der Waals surface area contributed by atoms with Crippen molar-refractivity contribution in [2.24, 2.45) is 5.41 Å². The minimum atomic E-state index is -4.48. The number of Topliss-reactive ketones (excluding diaryl/α,β-unsaturated/α-hetero) is 1. The summed E-state index contributed by atoms with van der Waals surface area (Å²) in [7, 11) is 0. The largest absolute Gasteiger partial charge is 0.394 e. The van der Waals surface area contributed by atoms with Gasteiger partial charge in [0.15, 0.2) is 5.78 Å². The monoisotopic (exact) mass is 224 g/mol. The summed E-state index contributed by atoms with van der Waals surface area (Å²) in [4.78, 5) is 11.0. The number of hydrogen-bond acceptors (Lipinski definition) is 1. The third-order valence-electron chi connectivity index (χ3n) is 2.74. The fourth-order valence-corrected chi connectivity index (χ4v) is 1.72. The van der Waals surface area contributed by atoms with Crippen LogP contribution in [0.2, 0.25) is 0 Å². The number of ketones is 1. The third kappa shape index (κ3) is 2.38. The lowest BCUT2D eigenvalue weighted by Crippen LogP contribution is -2.40. The number of rotatable bonds is 1. The van der Waals surface area contributed by atoms with Gasteiger partial charge in [-0.1, -0.05) is 6.92 Å². The highest BCUT2D eigenvalue weighted by atomic mass is 19.4. The molecule has 0 amide bonds. The molecule has 1 aliphatic rings. The molecule has 0 fully saturated rings. The Labute approximate surface area is 85.2 Å². The van der Waals surface area contributed by atoms with Crippen molar-refractivity contribution in [2.45, 2.75) is 39.0 Å². The standard InChI is InChI=1S/C10H12F4O/c1-6(15)7-3-8(11)5-9(2,4-7)10(12,13)14/h3,8H,4-5H2,1-2H3. The first-order valence-electron chi connectivity index (χ1n) is 4.58. The van der Waals surface area contributed by atoms with Gasteiger partial charge in [-0.05, 0) is 31.4 Å². The maximum absolute atomic E-state index is 13.1. The quantitative estimate of drug-likeness (QED) is 0.625. The second-order valence-electron chi connectivity index (χ2n) is 4.20. The van der Waals surface area contributed by atoms with Gasteiger partial charge in [0.2, 0.25) is 0 Å². The van der Waals surface area contributed by atoms with Crippen molar-refractivity contribution in [3.05, 3.63) is 11.6 Å². The summed E-state index contributed by atoms with van der Waals surface area (Å²) >= 11 is 0. The molecule has 86 valence electrons. The van der Waals surface area contributed by atoms with Gasteiger partial charge >= 0.3 is 6.18 Å². The van der Waals surface area contributed by atoms with Crippen LogP contribution < -0.4 is 0 Å². The van der Waals surface area contributed by atoms with Gasteiger partial charge in [-0.2, -0.15) is 13.2 Å². The van der Waals surface area contributed by atoms with Gasteiger partial charge in [0.05, 0.1) is 5.41 Å². The van der Waals surface area contributed by atoms with Crippen molar-refractivity contribution >= 4 is 5.78 Å². The van der Waals surface area contributed by atoms with Crippen molar-refractivity contribution in [2.75, 3.05) is 0 Å². The van der Waals surface area contributed by atoms with E-state index in [2.05, 4.69) is 0 Å². The van der Waals surface area contributed by atoms with Gasteiger partial charge in [0.25, 0.3) is 0 Å².